The highest BCUT2D eigenvalue weighted by Crippen LogP contribution is 2.28. The normalized spacial score (nSPS) is 13.8. The summed E-state index contributed by atoms with van der Waals surface area (Å²) in [5, 5.41) is 22.1. The van der Waals surface area contributed by atoms with Gasteiger partial charge in [-0.1, -0.05) is 38.1 Å². The van der Waals surface area contributed by atoms with Crippen molar-refractivity contribution in [2.24, 2.45) is 11.8 Å². The molecular formula is C28H36N4O7. The molecule has 0 unspecified atom stereocenters. The lowest BCUT2D eigenvalue weighted by molar-refractivity contribution is -0.149. The van der Waals surface area contributed by atoms with Crippen LogP contribution in [0.1, 0.15) is 72.9 Å². The zero-order valence-electron chi connectivity index (χ0n) is 22.4. The molecule has 0 radical (unpaired) electrons. The summed E-state index contributed by atoms with van der Waals surface area (Å²) in [6.45, 7) is 5.46. The van der Waals surface area contributed by atoms with Crippen molar-refractivity contribution in [1.29, 1.82) is 0 Å². The third-order valence-electron chi connectivity index (χ3n) is 6.43. The Kier molecular flexibility index (Phi) is 10.4. The Hall–Kier alpha value is -3.96. The van der Waals surface area contributed by atoms with E-state index in [0.717, 1.165) is 35.4 Å². The molecule has 3 rings (SSSR count). The standard InChI is InChI=1S/C28H36N4O7/c1-16(2)14-23-24(20-11-4-5-13-22(20)30-23)28(37)39-32-26(35)21(25(34)27(36)31-38)12-7-9-18-8-6-10-19(15-18)29-17(3)33/h4,6,8,10-11,15-16,21,25,30,34,38H,5,7,9,12-14H2,1-3H3,(H,29,33)(H,31,36)(H,32,35)/t21-,25+/m1/s1. The van der Waals surface area contributed by atoms with Gasteiger partial charge in [-0.15, -0.1) is 0 Å². The summed E-state index contributed by atoms with van der Waals surface area (Å²) in [6.07, 6.45) is 5.07. The molecule has 0 saturated heterocycles. The van der Waals surface area contributed by atoms with Gasteiger partial charge in [0.05, 0.1) is 11.5 Å². The van der Waals surface area contributed by atoms with Crippen LogP contribution < -0.4 is 16.3 Å². The second-order valence-electron chi connectivity index (χ2n) is 10.1. The number of aryl methyl sites for hydroxylation is 2. The van der Waals surface area contributed by atoms with Gasteiger partial charge in [-0.2, -0.15) is 5.48 Å². The van der Waals surface area contributed by atoms with Crippen molar-refractivity contribution >= 4 is 35.5 Å². The minimum atomic E-state index is -1.88. The quantitative estimate of drug-likeness (QED) is 0.188. The van der Waals surface area contributed by atoms with Crippen molar-refractivity contribution in [3.05, 3.63) is 58.4 Å². The number of aliphatic hydroxyl groups excluding tert-OH is 1. The Morgan fingerprint density at radius 3 is 2.62 bits per heavy atom. The molecule has 3 amide bonds. The molecule has 11 heteroatoms. The summed E-state index contributed by atoms with van der Waals surface area (Å²) < 4.78 is 0. The number of hydroxylamine groups is 2. The number of aromatic amines is 1. The number of hydrogen-bond donors (Lipinski definition) is 6. The molecule has 1 aliphatic rings. The summed E-state index contributed by atoms with van der Waals surface area (Å²) in [7, 11) is 0. The number of allylic oxidation sites excluding steroid dienone is 1. The van der Waals surface area contributed by atoms with Gasteiger partial charge in [0.1, 0.15) is 6.10 Å². The number of anilines is 1. The van der Waals surface area contributed by atoms with Gasteiger partial charge in [-0.05, 0) is 62.1 Å². The summed E-state index contributed by atoms with van der Waals surface area (Å²) in [5.74, 6) is -4.03. The molecule has 1 aromatic heterocycles. The molecular weight excluding hydrogens is 504 g/mol. The highest BCUT2D eigenvalue weighted by Gasteiger charge is 2.33. The van der Waals surface area contributed by atoms with Crippen LogP contribution in [0.5, 0.6) is 0 Å². The van der Waals surface area contributed by atoms with Crippen LogP contribution in [0, 0.1) is 11.8 Å². The maximum atomic E-state index is 13.1. The monoisotopic (exact) mass is 540 g/mol. The molecule has 2 aromatic rings. The fraction of sp³-hybridized carbons (Fsp3) is 0.429. The molecule has 39 heavy (non-hydrogen) atoms. The highest BCUT2D eigenvalue weighted by molar-refractivity contribution is 5.97. The second kappa shape index (κ2) is 13.7. The van der Waals surface area contributed by atoms with Crippen LogP contribution in [0.3, 0.4) is 0 Å². The van der Waals surface area contributed by atoms with E-state index in [0.29, 0.717) is 30.5 Å². The molecule has 0 spiro atoms. The topological polar surface area (TPSA) is 170 Å². The molecule has 1 aliphatic carbocycles. The van der Waals surface area contributed by atoms with Crippen LogP contribution in [0.2, 0.25) is 0 Å². The van der Waals surface area contributed by atoms with E-state index < -0.39 is 29.8 Å². The Balaban J connectivity index is 1.68. The first-order valence-electron chi connectivity index (χ1n) is 13.0. The van der Waals surface area contributed by atoms with E-state index in [1.165, 1.54) is 12.4 Å². The first-order valence-corrected chi connectivity index (χ1v) is 13.0. The predicted octanol–water partition coefficient (Wildman–Crippen LogP) is 2.82. The smallest absolute Gasteiger partial charge is 0.365 e. The Morgan fingerprint density at radius 2 is 1.92 bits per heavy atom. The van der Waals surface area contributed by atoms with Crippen molar-refractivity contribution in [1.82, 2.24) is 15.9 Å². The first-order chi connectivity index (χ1) is 18.6. The van der Waals surface area contributed by atoms with Gasteiger partial charge >= 0.3 is 5.97 Å². The van der Waals surface area contributed by atoms with E-state index in [1.807, 2.05) is 32.1 Å². The van der Waals surface area contributed by atoms with Crippen molar-refractivity contribution in [3.8, 4) is 0 Å². The van der Waals surface area contributed by atoms with Crippen LogP contribution in [0.4, 0.5) is 5.69 Å². The number of aliphatic hydroxyl groups is 1. The van der Waals surface area contributed by atoms with Gasteiger partial charge in [-0.25, -0.2) is 10.3 Å². The fourth-order valence-corrected chi connectivity index (χ4v) is 4.67. The highest BCUT2D eigenvalue weighted by atomic mass is 16.7. The van der Waals surface area contributed by atoms with Gasteiger partial charge in [0.25, 0.3) is 11.8 Å². The zero-order valence-corrected chi connectivity index (χ0v) is 22.4. The van der Waals surface area contributed by atoms with Gasteiger partial charge in [0.15, 0.2) is 0 Å². The Bertz CT molecular complexity index is 1230. The number of fused-ring (bicyclic) bond motifs is 1. The number of nitrogens with one attached hydrogen (secondary N) is 4. The summed E-state index contributed by atoms with van der Waals surface area (Å²) in [5.41, 5.74) is 7.68. The molecule has 1 heterocycles. The van der Waals surface area contributed by atoms with Gasteiger partial charge in [0, 0.05) is 29.6 Å². The molecule has 2 atom stereocenters. The predicted molar refractivity (Wildman–Crippen MR) is 143 cm³/mol. The van der Waals surface area contributed by atoms with Crippen LogP contribution >= 0.6 is 0 Å². The summed E-state index contributed by atoms with van der Waals surface area (Å²) in [6, 6.07) is 7.16. The average Bonchev–Trinajstić information content (AvgIpc) is 3.25. The second-order valence-corrected chi connectivity index (χ2v) is 10.1. The number of hydrogen-bond acceptors (Lipinski definition) is 7. The number of H-pyrrole nitrogens is 1. The fourth-order valence-electron chi connectivity index (χ4n) is 4.67. The first kappa shape index (κ1) is 29.6. The molecule has 0 saturated carbocycles. The van der Waals surface area contributed by atoms with E-state index in [2.05, 4.69) is 15.8 Å². The van der Waals surface area contributed by atoms with E-state index >= 15 is 0 Å². The lowest BCUT2D eigenvalue weighted by Gasteiger charge is -2.20. The molecule has 0 aliphatic heterocycles. The molecule has 11 nitrogen and oxygen atoms in total. The van der Waals surface area contributed by atoms with Crippen LogP contribution in [-0.2, 0) is 38.5 Å². The Labute approximate surface area is 226 Å². The Morgan fingerprint density at radius 1 is 1.15 bits per heavy atom. The lowest BCUT2D eigenvalue weighted by atomic mass is 9.93. The summed E-state index contributed by atoms with van der Waals surface area (Å²) >= 11 is 0. The third-order valence-corrected chi connectivity index (χ3v) is 6.43. The third kappa shape index (κ3) is 8.01. The summed E-state index contributed by atoms with van der Waals surface area (Å²) in [4.78, 5) is 57.7. The SMILES string of the molecule is CC(=O)Nc1cccc(CCC[C@@H](C(=O)NOC(=O)c2c(CC(C)C)[nH]c3c2C=CCC3)[C@H](O)C(=O)NO)c1. The number of benzene rings is 1. The van der Waals surface area contributed by atoms with Crippen LogP contribution in [-0.4, -0.2) is 45.1 Å². The van der Waals surface area contributed by atoms with E-state index in [4.69, 9.17) is 10.0 Å². The average molecular weight is 541 g/mol. The van der Waals surface area contributed by atoms with E-state index in [-0.39, 0.29) is 18.2 Å². The van der Waals surface area contributed by atoms with Gasteiger partial charge < -0.3 is 20.2 Å². The largest absolute Gasteiger partial charge is 0.382 e. The van der Waals surface area contributed by atoms with Crippen molar-refractivity contribution in [2.45, 2.75) is 65.4 Å². The molecule has 210 valence electrons. The molecule has 0 fully saturated rings. The van der Waals surface area contributed by atoms with Crippen molar-refractivity contribution in [2.75, 3.05) is 5.32 Å². The maximum Gasteiger partial charge on any atom is 0.365 e. The zero-order chi connectivity index (χ0) is 28.5. The van der Waals surface area contributed by atoms with Crippen LogP contribution in [0.25, 0.3) is 6.08 Å². The van der Waals surface area contributed by atoms with Crippen LogP contribution in [0.15, 0.2) is 30.3 Å². The molecule has 6 N–H and O–H groups in total. The number of aromatic nitrogens is 1. The van der Waals surface area contributed by atoms with E-state index in [9.17, 15) is 24.3 Å². The number of carbonyl (C=O) groups excluding carboxylic acids is 4. The van der Waals surface area contributed by atoms with E-state index in [1.54, 1.807) is 18.2 Å². The minimum Gasteiger partial charge on any atom is -0.382 e. The number of rotatable bonds is 11. The van der Waals surface area contributed by atoms with Gasteiger partial charge in [-0.3, -0.25) is 19.6 Å². The molecule has 0 bridgehead atoms. The molecule has 1 aromatic carbocycles. The number of carbonyl (C=O) groups is 4. The number of amides is 3. The lowest BCUT2D eigenvalue weighted by Crippen LogP contribution is -2.45. The van der Waals surface area contributed by atoms with Crippen molar-refractivity contribution in [3.63, 3.8) is 0 Å². The minimum absolute atomic E-state index is 0.0449. The van der Waals surface area contributed by atoms with Crippen molar-refractivity contribution < 1.29 is 34.3 Å². The van der Waals surface area contributed by atoms with Gasteiger partial charge in [0.2, 0.25) is 5.91 Å². The maximum absolute atomic E-state index is 13.1.